The number of carbonyl (C=O) groups excluding carboxylic acids is 2. The maximum Gasteiger partial charge on any atom is 0.407 e. The standard InChI is InChI=1S/C30H36N6O6S/c1-17-15-35(30(39)40)8-9-36(17)22-10-20(11-22)28(38)34-29-33-23-7-6-19(12-26(23)43-29)21-13-31-27(32-14-21)16-41-24-4-3-5-25(24)42-18(2)37/h6-7,12-14,17,20,22,24-25H,3-5,8-11,15-16H2,1-2H3,(H,39,40)(H,33,34,38)/t17?,20?,22?,24-,25-/m0/s1. The molecule has 2 amide bonds. The molecule has 1 unspecified atom stereocenters. The lowest BCUT2D eigenvalue weighted by Gasteiger charge is -2.48. The number of aromatic nitrogens is 3. The zero-order chi connectivity index (χ0) is 30.1. The topological polar surface area (TPSA) is 147 Å². The number of hydrogen-bond donors (Lipinski definition) is 2. The number of benzene rings is 1. The van der Waals surface area contributed by atoms with Crippen molar-refractivity contribution >= 4 is 44.7 Å². The molecule has 12 nitrogen and oxygen atoms in total. The van der Waals surface area contributed by atoms with E-state index in [1.54, 1.807) is 12.4 Å². The lowest BCUT2D eigenvalue weighted by Crippen LogP contribution is -2.60. The van der Waals surface area contributed by atoms with Crippen LogP contribution in [0.3, 0.4) is 0 Å². The second-order valence-corrected chi connectivity index (χ2v) is 12.7. The number of esters is 1. The molecule has 3 atom stereocenters. The highest BCUT2D eigenvalue weighted by Crippen LogP contribution is 2.36. The van der Waals surface area contributed by atoms with Gasteiger partial charge in [-0.2, -0.15) is 0 Å². The van der Waals surface area contributed by atoms with Crippen LogP contribution in [0.15, 0.2) is 30.6 Å². The molecule has 13 heteroatoms. The predicted molar refractivity (Wildman–Crippen MR) is 160 cm³/mol. The minimum Gasteiger partial charge on any atom is -0.465 e. The molecule has 2 aliphatic carbocycles. The van der Waals surface area contributed by atoms with Crippen LogP contribution in [0.1, 0.15) is 51.8 Å². The lowest BCUT2D eigenvalue weighted by molar-refractivity contribution is -0.153. The number of anilines is 1. The van der Waals surface area contributed by atoms with E-state index < -0.39 is 6.09 Å². The second kappa shape index (κ2) is 12.5. The van der Waals surface area contributed by atoms with Crippen molar-refractivity contribution in [2.75, 3.05) is 25.0 Å². The van der Waals surface area contributed by atoms with E-state index >= 15 is 0 Å². The van der Waals surface area contributed by atoms with E-state index in [0.717, 1.165) is 53.4 Å². The first kappa shape index (κ1) is 29.4. The zero-order valence-electron chi connectivity index (χ0n) is 24.3. The van der Waals surface area contributed by atoms with Crippen LogP contribution in [-0.2, 0) is 25.7 Å². The molecule has 3 fully saturated rings. The summed E-state index contributed by atoms with van der Waals surface area (Å²) in [6, 6.07) is 6.37. The lowest BCUT2D eigenvalue weighted by atomic mass is 9.78. The molecule has 0 bridgehead atoms. The number of nitrogens with zero attached hydrogens (tertiary/aromatic N) is 5. The van der Waals surface area contributed by atoms with Crippen LogP contribution in [0.5, 0.6) is 0 Å². The third kappa shape index (κ3) is 6.63. The molecule has 43 heavy (non-hydrogen) atoms. The molecular weight excluding hydrogens is 572 g/mol. The van der Waals surface area contributed by atoms with Gasteiger partial charge in [-0.1, -0.05) is 17.4 Å². The Morgan fingerprint density at radius 1 is 1.09 bits per heavy atom. The van der Waals surface area contributed by atoms with E-state index in [2.05, 4.69) is 25.2 Å². The first-order chi connectivity index (χ1) is 20.7. The third-order valence-electron chi connectivity index (χ3n) is 8.70. The van der Waals surface area contributed by atoms with Crippen molar-refractivity contribution in [2.24, 2.45) is 5.92 Å². The summed E-state index contributed by atoms with van der Waals surface area (Å²) in [5.74, 6) is 0.186. The summed E-state index contributed by atoms with van der Waals surface area (Å²) in [5, 5.41) is 12.8. The molecule has 1 aliphatic heterocycles. The van der Waals surface area contributed by atoms with Gasteiger partial charge in [0, 0.05) is 62.5 Å². The van der Waals surface area contributed by atoms with Gasteiger partial charge in [0.1, 0.15) is 12.7 Å². The van der Waals surface area contributed by atoms with Crippen LogP contribution < -0.4 is 5.32 Å². The number of thiazole rings is 1. The number of rotatable bonds is 8. The Bertz CT molecular complexity index is 1490. The van der Waals surface area contributed by atoms with Crippen molar-refractivity contribution < 1.29 is 29.0 Å². The van der Waals surface area contributed by atoms with Crippen LogP contribution in [0.25, 0.3) is 21.3 Å². The van der Waals surface area contributed by atoms with E-state index in [9.17, 15) is 19.5 Å². The number of ether oxygens (including phenoxy) is 2. The van der Waals surface area contributed by atoms with Crippen molar-refractivity contribution in [1.29, 1.82) is 0 Å². The Hall–Kier alpha value is -3.68. The van der Waals surface area contributed by atoms with Crippen LogP contribution in [0.4, 0.5) is 9.93 Å². The maximum absolute atomic E-state index is 12.9. The van der Waals surface area contributed by atoms with Gasteiger partial charge in [-0.3, -0.25) is 14.5 Å². The number of fused-ring (bicyclic) bond motifs is 1. The Morgan fingerprint density at radius 3 is 2.58 bits per heavy atom. The summed E-state index contributed by atoms with van der Waals surface area (Å²) in [6.45, 7) is 5.42. The van der Waals surface area contributed by atoms with Gasteiger partial charge in [-0.05, 0) is 56.7 Å². The third-order valence-corrected chi connectivity index (χ3v) is 9.63. The summed E-state index contributed by atoms with van der Waals surface area (Å²) < 4.78 is 12.3. The molecule has 0 radical (unpaired) electrons. The number of carboxylic acid groups (broad SMARTS) is 1. The van der Waals surface area contributed by atoms with Crippen LogP contribution in [0, 0.1) is 5.92 Å². The fourth-order valence-electron chi connectivity index (χ4n) is 6.32. The van der Waals surface area contributed by atoms with E-state index in [1.165, 1.54) is 23.2 Å². The molecule has 228 valence electrons. The van der Waals surface area contributed by atoms with E-state index in [4.69, 9.17) is 9.47 Å². The summed E-state index contributed by atoms with van der Waals surface area (Å²) in [7, 11) is 0. The van der Waals surface area contributed by atoms with Gasteiger partial charge in [0.15, 0.2) is 11.0 Å². The molecular formula is C30H36N6O6S. The fourth-order valence-corrected chi connectivity index (χ4v) is 7.22. The van der Waals surface area contributed by atoms with Crippen molar-refractivity contribution in [3.05, 3.63) is 36.4 Å². The Morgan fingerprint density at radius 2 is 1.86 bits per heavy atom. The zero-order valence-corrected chi connectivity index (χ0v) is 25.1. The average Bonchev–Trinajstić information content (AvgIpc) is 3.57. The molecule has 2 saturated carbocycles. The largest absolute Gasteiger partial charge is 0.465 e. The number of hydrogen-bond acceptors (Lipinski definition) is 10. The van der Waals surface area contributed by atoms with E-state index in [1.807, 2.05) is 25.1 Å². The molecule has 3 heterocycles. The molecule has 0 spiro atoms. The number of nitrogens with one attached hydrogen (secondary N) is 1. The minimum atomic E-state index is -0.871. The molecule has 3 aromatic rings. The smallest absolute Gasteiger partial charge is 0.407 e. The van der Waals surface area contributed by atoms with Gasteiger partial charge in [-0.25, -0.2) is 19.7 Å². The molecule has 2 aromatic heterocycles. The summed E-state index contributed by atoms with van der Waals surface area (Å²) in [4.78, 5) is 52.9. The van der Waals surface area contributed by atoms with Crippen LogP contribution in [-0.4, -0.2) is 91.8 Å². The Kier molecular flexibility index (Phi) is 8.55. The number of carbonyl (C=O) groups is 3. The molecule has 1 aromatic carbocycles. The van der Waals surface area contributed by atoms with E-state index in [-0.39, 0.29) is 42.7 Å². The average molecular weight is 609 g/mol. The highest BCUT2D eigenvalue weighted by molar-refractivity contribution is 7.22. The van der Waals surface area contributed by atoms with Gasteiger partial charge in [0.2, 0.25) is 5.91 Å². The van der Waals surface area contributed by atoms with Gasteiger partial charge >= 0.3 is 12.1 Å². The number of piperazine rings is 1. The Balaban J connectivity index is 1.01. The van der Waals surface area contributed by atoms with Crippen LogP contribution >= 0.6 is 11.3 Å². The molecule has 2 N–H and O–H groups in total. The predicted octanol–water partition coefficient (Wildman–Crippen LogP) is 4.16. The normalized spacial score (nSPS) is 25.8. The molecule has 1 saturated heterocycles. The van der Waals surface area contributed by atoms with Gasteiger partial charge in [0.25, 0.3) is 0 Å². The van der Waals surface area contributed by atoms with E-state index in [0.29, 0.717) is 36.6 Å². The van der Waals surface area contributed by atoms with Crippen molar-refractivity contribution in [2.45, 2.75) is 76.9 Å². The monoisotopic (exact) mass is 608 g/mol. The van der Waals surface area contributed by atoms with Crippen molar-refractivity contribution in [3.8, 4) is 11.1 Å². The first-order valence-electron chi connectivity index (χ1n) is 14.8. The fraction of sp³-hybridized carbons (Fsp3) is 0.533. The summed E-state index contributed by atoms with van der Waals surface area (Å²) >= 11 is 1.44. The highest BCUT2D eigenvalue weighted by Gasteiger charge is 2.41. The summed E-state index contributed by atoms with van der Waals surface area (Å²) in [5.41, 5.74) is 2.62. The molecule has 3 aliphatic rings. The maximum atomic E-state index is 12.9. The highest BCUT2D eigenvalue weighted by atomic mass is 32.1. The van der Waals surface area contributed by atoms with Gasteiger partial charge < -0.3 is 24.8 Å². The summed E-state index contributed by atoms with van der Waals surface area (Å²) in [6.07, 6.45) is 6.49. The van der Waals surface area contributed by atoms with Crippen molar-refractivity contribution in [1.82, 2.24) is 24.8 Å². The minimum absolute atomic E-state index is 0.0182. The van der Waals surface area contributed by atoms with Crippen LogP contribution in [0.2, 0.25) is 0 Å². The van der Waals surface area contributed by atoms with Gasteiger partial charge in [0.05, 0.1) is 16.3 Å². The molecule has 6 rings (SSSR count). The number of amides is 2. The van der Waals surface area contributed by atoms with Gasteiger partial charge in [-0.15, -0.1) is 0 Å². The van der Waals surface area contributed by atoms with Crippen molar-refractivity contribution in [3.63, 3.8) is 0 Å². The SMILES string of the molecule is CC(=O)O[C@H]1CCC[C@@H]1OCc1ncc(-c2ccc3nc(NC(=O)C4CC(N5CCN(C(=O)O)CC5C)C4)sc3c2)cn1. The second-order valence-electron chi connectivity index (χ2n) is 11.6. The Labute approximate surface area is 253 Å². The first-order valence-corrected chi connectivity index (χ1v) is 15.6. The quantitative estimate of drug-likeness (QED) is 0.357.